The summed E-state index contributed by atoms with van der Waals surface area (Å²) in [6.07, 6.45) is 3.11. The summed E-state index contributed by atoms with van der Waals surface area (Å²) in [6, 6.07) is 3.87. The number of carbonyl (C=O) groups excluding carboxylic acids is 2. The van der Waals surface area contributed by atoms with Crippen LogP contribution in [0.5, 0.6) is 0 Å². The molecule has 1 saturated carbocycles. The lowest BCUT2D eigenvalue weighted by atomic mass is 9.67. The Morgan fingerprint density at radius 3 is 2.56 bits per heavy atom. The Morgan fingerprint density at radius 1 is 1.32 bits per heavy atom. The van der Waals surface area contributed by atoms with Crippen LogP contribution in [0.4, 0.5) is 4.79 Å². The molecule has 7 heteroatoms. The Labute approximate surface area is 161 Å². The molecule has 0 radical (unpaired) electrons. The van der Waals surface area contributed by atoms with Crippen molar-refractivity contribution in [1.29, 1.82) is 0 Å². The second-order valence-electron chi connectivity index (χ2n) is 7.26. The zero-order chi connectivity index (χ0) is 18.2. The Hall–Kier alpha value is -0.920. The second kappa shape index (κ2) is 7.37. The third kappa shape index (κ3) is 3.38. The molecular formula is C18H26BrN3O2S. The van der Waals surface area contributed by atoms with Gasteiger partial charge >= 0.3 is 6.03 Å². The number of hydrogen-bond acceptors (Lipinski definition) is 4. The van der Waals surface area contributed by atoms with E-state index in [0.29, 0.717) is 6.67 Å². The van der Waals surface area contributed by atoms with Gasteiger partial charge in [-0.05, 0) is 59.3 Å². The third-order valence-corrected chi connectivity index (χ3v) is 7.39. The smallest absolute Gasteiger partial charge is 0.323 e. The molecule has 1 N–H and O–H groups in total. The standard InChI is InChI=1S/C18H26BrN3O2S/c1-4-21(10-14-8-9-15(19)25-14)11-22-16(23)18(20-17(22)24)12(2)6-5-7-13(18)3/h8-9,12-13H,4-7,10-11H2,1-3H3,(H,20,24). The van der Waals surface area contributed by atoms with Gasteiger partial charge in [-0.15, -0.1) is 11.3 Å². The van der Waals surface area contributed by atoms with E-state index >= 15 is 0 Å². The monoisotopic (exact) mass is 427 g/mol. The maximum absolute atomic E-state index is 13.2. The summed E-state index contributed by atoms with van der Waals surface area (Å²) in [5.74, 6) is 0.324. The first-order valence-corrected chi connectivity index (χ1v) is 10.6. The van der Waals surface area contributed by atoms with Crippen molar-refractivity contribution in [3.05, 3.63) is 20.8 Å². The predicted octanol–water partition coefficient (Wildman–Crippen LogP) is 4.04. The van der Waals surface area contributed by atoms with Gasteiger partial charge in [0.25, 0.3) is 5.91 Å². The van der Waals surface area contributed by atoms with Gasteiger partial charge in [-0.3, -0.25) is 9.69 Å². The number of hydrogen-bond donors (Lipinski definition) is 1. The number of thiophene rings is 1. The molecule has 138 valence electrons. The minimum Gasteiger partial charge on any atom is -0.323 e. The summed E-state index contributed by atoms with van der Waals surface area (Å²) in [5, 5.41) is 3.07. The second-order valence-corrected chi connectivity index (χ2v) is 9.81. The van der Waals surface area contributed by atoms with Crippen molar-refractivity contribution >= 4 is 39.2 Å². The first kappa shape index (κ1) is 18.9. The number of carbonyl (C=O) groups is 2. The van der Waals surface area contributed by atoms with Crippen molar-refractivity contribution in [2.75, 3.05) is 13.2 Å². The number of rotatable bonds is 5. The minimum atomic E-state index is -0.708. The Morgan fingerprint density at radius 2 is 2.00 bits per heavy atom. The molecule has 1 aliphatic heterocycles. The molecule has 5 nitrogen and oxygen atoms in total. The van der Waals surface area contributed by atoms with E-state index in [0.717, 1.165) is 36.1 Å². The number of halogens is 1. The fourth-order valence-corrected chi connectivity index (χ4v) is 5.73. The SMILES string of the molecule is CCN(Cc1ccc(Br)s1)CN1C(=O)NC2(C1=O)C(C)CCCC2C. The molecule has 1 spiro atoms. The van der Waals surface area contributed by atoms with E-state index in [2.05, 4.69) is 53.0 Å². The van der Waals surface area contributed by atoms with Crippen molar-refractivity contribution in [2.24, 2.45) is 11.8 Å². The number of amides is 3. The van der Waals surface area contributed by atoms with Crippen LogP contribution in [-0.2, 0) is 11.3 Å². The van der Waals surface area contributed by atoms with Crippen molar-refractivity contribution in [2.45, 2.75) is 52.1 Å². The molecule has 1 aliphatic carbocycles. The van der Waals surface area contributed by atoms with Gasteiger partial charge in [0, 0.05) is 11.4 Å². The van der Waals surface area contributed by atoms with Gasteiger partial charge in [-0.1, -0.05) is 27.2 Å². The fraction of sp³-hybridized carbons (Fsp3) is 0.667. The van der Waals surface area contributed by atoms with Crippen LogP contribution in [0.25, 0.3) is 0 Å². The van der Waals surface area contributed by atoms with Gasteiger partial charge in [0.2, 0.25) is 0 Å². The summed E-state index contributed by atoms with van der Waals surface area (Å²) < 4.78 is 1.09. The number of imide groups is 1. The molecule has 2 unspecified atom stereocenters. The van der Waals surface area contributed by atoms with Gasteiger partial charge in [-0.2, -0.15) is 0 Å². The van der Waals surface area contributed by atoms with Crippen LogP contribution in [0.2, 0.25) is 0 Å². The summed E-state index contributed by atoms with van der Waals surface area (Å²) in [6.45, 7) is 8.11. The molecule has 1 aromatic heterocycles. The van der Waals surface area contributed by atoms with E-state index in [4.69, 9.17) is 0 Å². The third-order valence-electron chi connectivity index (χ3n) is 5.78. The average molecular weight is 428 g/mol. The summed E-state index contributed by atoms with van der Waals surface area (Å²) in [5.41, 5.74) is -0.708. The molecule has 3 amide bonds. The Bertz CT molecular complexity index is 653. The molecule has 25 heavy (non-hydrogen) atoms. The molecule has 2 fully saturated rings. The minimum absolute atomic E-state index is 0.0389. The zero-order valence-corrected chi connectivity index (χ0v) is 17.5. The van der Waals surface area contributed by atoms with Gasteiger partial charge in [0.15, 0.2) is 0 Å². The summed E-state index contributed by atoms with van der Waals surface area (Å²) in [4.78, 5) is 30.6. The maximum Gasteiger partial charge on any atom is 0.326 e. The van der Waals surface area contributed by atoms with Crippen LogP contribution in [0, 0.1) is 11.8 Å². The van der Waals surface area contributed by atoms with Crippen molar-refractivity contribution < 1.29 is 9.59 Å². The number of nitrogens with one attached hydrogen (secondary N) is 1. The quantitative estimate of drug-likeness (QED) is 0.721. The molecule has 2 heterocycles. The number of nitrogens with zero attached hydrogens (tertiary/aromatic N) is 2. The zero-order valence-electron chi connectivity index (χ0n) is 15.0. The van der Waals surface area contributed by atoms with E-state index in [1.807, 2.05) is 6.07 Å². The highest BCUT2D eigenvalue weighted by Crippen LogP contribution is 2.42. The Kier molecular flexibility index (Phi) is 5.56. The fourth-order valence-electron chi connectivity index (χ4n) is 4.20. The van der Waals surface area contributed by atoms with Gasteiger partial charge < -0.3 is 5.32 Å². The molecule has 1 aromatic rings. The average Bonchev–Trinajstić information content (AvgIpc) is 3.08. The largest absolute Gasteiger partial charge is 0.326 e. The normalized spacial score (nSPS) is 29.7. The van der Waals surface area contributed by atoms with Crippen LogP contribution < -0.4 is 5.32 Å². The van der Waals surface area contributed by atoms with Crippen LogP contribution in [-0.4, -0.2) is 40.5 Å². The molecule has 0 aromatic carbocycles. The van der Waals surface area contributed by atoms with Crippen LogP contribution in [0.1, 0.15) is 44.9 Å². The lowest BCUT2D eigenvalue weighted by Crippen LogP contribution is -2.59. The molecule has 0 bridgehead atoms. The molecule has 3 rings (SSSR count). The van der Waals surface area contributed by atoms with Gasteiger partial charge in [0.1, 0.15) is 5.54 Å². The van der Waals surface area contributed by atoms with Crippen molar-refractivity contribution in [3.63, 3.8) is 0 Å². The molecule has 2 aliphatic rings. The lowest BCUT2D eigenvalue weighted by molar-refractivity contribution is -0.138. The Balaban J connectivity index is 1.75. The molecular weight excluding hydrogens is 402 g/mol. The van der Waals surface area contributed by atoms with E-state index in [-0.39, 0.29) is 23.8 Å². The van der Waals surface area contributed by atoms with E-state index in [1.54, 1.807) is 11.3 Å². The highest BCUT2D eigenvalue weighted by atomic mass is 79.9. The highest BCUT2D eigenvalue weighted by molar-refractivity contribution is 9.11. The molecule has 2 atom stereocenters. The van der Waals surface area contributed by atoms with Crippen LogP contribution in [0.15, 0.2) is 15.9 Å². The van der Waals surface area contributed by atoms with Crippen molar-refractivity contribution in [3.8, 4) is 0 Å². The first-order valence-electron chi connectivity index (χ1n) is 8.99. The highest BCUT2D eigenvalue weighted by Gasteiger charge is 2.58. The van der Waals surface area contributed by atoms with Crippen molar-refractivity contribution in [1.82, 2.24) is 15.1 Å². The summed E-state index contributed by atoms with van der Waals surface area (Å²) >= 11 is 5.17. The van der Waals surface area contributed by atoms with E-state index in [1.165, 1.54) is 9.78 Å². The van der Waals surface area contributed by atoms with E-state index < -0.39 is 5.54 Å². The predicted molar refractivity (Wildman–Crippen MR) is 103 cm³/mol. The van der Waals surface area contributed by atoms with Gasteiger partial charge in [-0.25, -0.2) is 9.69 Å². The molecule has 1 saturated heterocycles. The van der Waals surface area contributed by atoms with Gasteiger partial charge in [0.05, 0.1) is 10.5 Å². The van der Waals surface area contributed by atoms with Crippen LogP contribution >= 0.6 is 27.3 Å². The maximum atomic E-state index is 13.2. The topological polar surface area (TPSA) is 52.6 Å². The number of urea groups is 1. The summed E-state index contributed by atoms with van der Waals surface area (Å²) in [7, 11) is 0. The van der Waals surface area contributed by atoms with E-state index in [9.17, 15) is 9.59 Å². The first-order chi connectivity index (χ1) is 11.9. The lowest BCUT2D eigenvalue weighted by Gasteiger charge is -2.42. The van der Waals surface area contributed by atoms with Crippen LogP contribution in [0.3, 0.4) is 0 Å².